The van der Waals surface area contributed by atoms with Gasteiger partial charge >= 0.3 is 0 Å². The van der Waals surface area contributed by atoms with Gasteiger partial charge in [0.2, 0.25) is 0 Å². The highest BCUT2D eigenvalue weighted by Crippen LogP contribution is 2.25. The summed E-state index contributed by atoms with van der Waals surface area (Å²) in [7, 11) is 0. The van der Waals surface area contributed by atoms with Crippen LogP contribution in [0.25, 0.3) is 11.7 Å². The maximum absolute atomic E-state index is 12.3. The Bertz CT molecular complexity index is 901. The second-order valence-electron chi connectivity index (χ2n) is 5.71. The lowest BCUT2D eigenvalue weighted by Crippen LogP contribution is -2.30. The number of benzene rings is 1. The Kier molecular flexibility index (Phi) is 4.57. The second-order valence-corrected chi connectivity index (χ2v) is 6.76. The summed E-state index contributed by atoms with van der Waals surface area (Å²) in [6.45, 7) is 0.411. The number of nitrogens with zero attached hydrogens (tertiary/aromatic N) is 3. The van der Waals surface area contributed by atoms with E-state index < -0.39 is 0 Å². The van der Waals surface area contributed by atoms with Crippen LogP contribution in [0.2, 0.25) is 0 Å². The average Bonchev–Trinajstić information content (AvgIpc) is 3.38. The molecule has 0 aliphatic carbocycles. The van der Waals surface area contributed by atoms with Crippen molar-refractivity contribution in [2.45, 2.75) is 18.1 Å². The molecule has 0 saturated carbocycles. The Labute approximate surface area is 153 Å². The highest BCUT2D eigenvalue weighted by Gasteiger charge is 2.34. The molecule has 0 bridgehead atoms. The van der Waals surface area contributed by atoms with Crippen molar-refractivity contribution in [3.05, 3.63) is 53.8 Å². The number of carbonyl (C=O) groups excluding carboxylic acids is 2. The third-order valence-corrected chi connectivity index (χ3v) is 4.92. The minimum absolute atomic E-state index is 0.210. The molecule has 3 heterocycles. The Morgan fingerprint density at radius 2 is 1.73 bits per heavy atom. The molecule has 1 aromatic carbocycles. The number of hydrogen-bond donors (Lipinski definition) is 0. The van der Waals surface area contributed by atoms with Crippen molar-refractivity contribution < 1.29 is 18.4 Å². The molecule has 26 heavy (non-hydrogen) atoms. The van der Waals surface area contributed by atoms with Crippen molar-refractivity contribution in [2.24, 2.45) is 0 Å². The van der Waals surface area contributed by atoms with Crippen LogP contribution in [-0.4, -0.2) is 39.2 Å². The van der Waals surface area contributed by atoms with Crippen LogP contribution in [-0.2, 0) is 0 Å². The summed E-state index contributed by atoms with van der Waals surface area (Å²) in [5.74, 6) is 1.22. The van der Waals surface area contributed by atoms with Crippen molar-refractivity contribution in [3.8, 4) is 11.7 Å². The maximum Gasteiger partial charge on any atom is 0.284 e. The van der Waals surface area contributed by atoms with Gasteiger partial charge in [0.05, 0.1) is 17.4 Å². The number of rotatable bonds is 7. The molecule has 0 N–H and O–H groups in total. The fourth-order valence-corrected chi connectivity index (χ4v) is 3.50. The first-order chi connectivity index (χ1) is 12.7. The molecule has 8 heteroatoms. The summed E-state index contributed by atoms with van der Waals surface area (Å²) in [5, 5.41) is 8.37. The lowest BCUT2D eigenvalue weighted by atomic mass is 10.1. The van der Waals surface area contributed by atoms with Crippen LogP contribution in [0.3, 0.4) is 0 Å². The summed E-state index contributed by atoms with van der Waals surface area (Å²) >= 11 is 1.44. The van der Waals surface area contributed by atoms with E-state index in [1.807, 2.05) is 0 Å². The zero-order chi connectivity index (χ0) is 17.9. The van der Waals surface area contributed by atoms with Gasteiger partial charge in [-0.25, -0.2) is 0 Å². The van der Waals surface area contributed by atoms with E-state index in [0.29, 0.717) is 34.5 Å². The first kappa shape index (κ1) is 16.6. The summed E-state index contributed by atoms with van der Waals surface area (Å²) in [5.41, 5.74) is 0.978. The summed E-state index contributed by atoms with van der Waals surface area (Å²) < 4.78 is 10.7. The van der Waals surface area contributed by atoms with Gasteiger partial charge < -0.3 is 8.83 Å². The molecule has 0 saturated heterocycles. The SMILES string of the molecule is O=C1c2ccccc2C(=O)N1CCCCSc1nnc(-c2ccco2)o1. The fourth-order valence-electron chi connectivity index (χ4n) is 2.74. The van der Waals surface area contributed by atoms with Crippen LogP contribution < -0.4 is 0 Å². The van der Waals surface area contributed by atoms with E-state index in [1.165, 1.54) is 16.7 Å². The molecule has 3 aromatic rings. The van der Waals surface area contributed by atoms with E-state index in [0.717, 1.165) is 18.6 Å². The molecule has 2 aromatic heterocycles. The Morgan fingerprint density at radius 3 is 2.42 bits per heavy atom. The molecular formula is C18H15N3O4S. The third kappa shape index (κ3) is 3.15. The first-order valence-corrected chi connectivity index (χ1v) is 9.18. The topological polar surface area (TPSA) is 89.4 Å². The minimum atomic E-state index is -0.210. The van der Waals surface area contributed by atoms with Gasteiger partial charge in [-0.3, -0.25) is 14.5 Å². The molecule has 132 valence electrons. The summed E-state index contributed by atoms with van der Waals surface area (Å²) in [6, 6.07) is 10.4. The van der Waals surface area contributed by atoms with Gasteiger partial charge in [0.1, 0.15) is 0 Å². The Hall–Kier alpha value is -2.87. The van der Waals surface area contributed by atoms with E-state index in [-0.39, 0.29) is 11.8 Å². The number of hydrogen-bond acceptors (Lipinski definition) is 7. The number of furan rings is 1. The summed E-state index contributed by atoms with van der Waals surface area (Å²) in [6.07, 6.45) is 3.08. The van der Waals surface area contributed by atoms with Crippen molar-refractivity contribution >= 4 is 23.6 Å². The molecule has 7 nitrogen and oxygen atoms in total. The predicted octanol–water partition coefficient (Wildman–Crippen LogP) is 3.50. The van der Waals surface area contributed by atoms with Crippen LogP contribution in [0.5, 0.6) is 0 Å². The highest BCUT2D eigenvalue weighted by molar-refractivity contribution is 7.99. The molecule has 2 amide bonds. The maximum atomic E-state index is 12.3. The van der Waals surface area contributed by atoms with Crippen LogP contribution in [0, 0.1) is 0 Å². The zero-order valence-electron chi connectivity index (χ0n) is 13.8. The number of aromatic nitrogens is 2. The molecular weight excluding hydrogens is 354 g/mol. The predicted molar refractivity (Wildman–Crippen MR) is 93.8 cm³/mol. The molecule has 1 aliphatic rings. The van der Waals surface area contributed by atoms with Crippen molar-refractivity contribution in [3.63, 3.8) is 0 Å². The standard InChI is InChI=1S/C18H15N3O4S/c22-16-12-6-1-2-7-13(12)17(23)21(16)9-3-4-11-26-18-20-19-15(25-18)14-8-5-10-24-14/h1-2,5-8,10H,3-4,9,11H2. The number of fused-ring (bicyclic) bond motifs is 1. The van der Waals surface area contributed by atoms with E-state index in [1.54, 1.807) is 42.7 Å². The fraction of sp³-hybridized carbons (Fsp3) is 0.222. The third-order valence-electron chi connectivity index (χ3n) is 4.02. The van der Waals surface area contributed by atoms with Crippen LogP contribution >= 0.6 is 11.8 Å². The van der Waals surface area contributed by atoms with E-state index in [2.05, 4.69) is 10.2 Å². The smallest absolute Gasteiger partial charge is 0.284 e. The van der Waals surface area contributed by atoms with E-state index in [4.69, 9.17) is 8.83 Å². The monoisotopic (exact) mass is 369 g/mol. The minimum Gasteiger partial charge on any atom is -0.459 e. The molecule has 0 unspecified atom stereocenters. The quantitative estimate of drug-likeness (QED) is 0.358. The van der Waals surface area contributed by atoms with E-state index >= 15 is 0 Å². The van der Waals surface area contributed by atoms with Crippen LogP contribution in [0.1, 0.15) is 33.6 Å². The lowest BCUT2D eigenvalue weighted by molar-refractivity contribution is 0.0652. The molecule has 1 aliphatic heterocycles. The summed E-state index contributed by atoms with van der Waals surface area (Å²) in [4.78, 5) is 25.8. The molecule has 0 radical (unpaired) electrons. The normalized spacial score (nSPS) is 13.5. The van der Waals surface area contributed by atoms with Crippen LogP contribution in [0.15, 0.2) is 56.7 Å². The van der Waals surface area contributed by atoms with Gasteiger partial charge in [-0.05, 0) is 37.1 Å². The number of amides is 2. The van der Waals surface area contributed by atoms with Crippen molar-refractivity contribution in [1.29, 1.82) is 0 Å². The number of carbonyl (C=O) groups is 2. The lowest BCUT2D eigenvalue weighted by Gasteiger charge is -2.13. The molecule has 4 rings (SSSR count). The Morgan fingerprint density at radius 1 is 0.962 bits per heavy atom. The highest BCUT2D eigenvalue weighted by atomic mass is 32.2. The van der Waals surface area contributed by atoms with Crippen LogP contribution in [0.4, 0.5) is 0 Å². The van der Waals surface area contributed by atoms with Crippen molar-refractivity contribution in [1.82, 2.24) is 15.1 Å². The average molecular weight is 369 g/mol. The molecule has 0 spiro atoms. The van der Waals surface area contributed by atoms with Gasteiger partial charge in [0, 0.05) is 12.3 Å². The van der Waals surface area contributed by atoms with Gasteiger partial charge in [0.15, 0.2) is 5.76 Å². The number of unbranched alkanes of at least 4 members (excludes halogenated alkanes) is 1. The largest absolute Gasteiger partial charge is 0.459 e. The van der Waals surface area contributed by atoms with Gasteiger partial charge in [-0.1, -0.05) is 23.9 Å². The van der Waals surface area contributed by atoms with Gasteiger partial charge in [-0.15, -0.1) is 10.2 Å². The second kappa shape index (κ2) is 7.17. The number of thioether (sulfide) groups is 1. The van der Waals surface area contributed by atoms with Gasteiger partial charge in [0.25, 0.3) is 22.9 Å². The Balaban J connectivity index is 1.24. The molecule has 0 fully saturated rings. The number of imide groups is 1. The molecule has 0 atom stereocenters. The zero-order valence-corrected chi connectivity index (χ0v) is 14.6. The van der Waals surface area contributed by atoms with E-state index in [9.17, 15) is 9.59 Å². The van der Waals surface area contributed by atoms with Crippen molar-refractivity contribution in [2.75, 3.05) is 12.3 Å². The van der Waals surface area contributed by atoms with Gasteiger partial charge in [-0.2, -0.15) is 0 Å². The first-order valence-electron chi connectivity index (χ1n) is 8.19.